The lowest BCUT2D eigenvalue weighted by Gasteiger charge is -2.35. The van der Waals surface area contributed by atoms with E-state index in [0.29, 0.717) is 6.42 Å². The Hall–Kier alpha value is -3.00. The summed E-state index contributed by atoms with van der Waals surface area (Å²) in [6, 6.07) is 12.2. The van der Waals surface area contributed by atoms with Crippen molar-refractivity contribution in [3.05, 3.63) is 64.3 Å². The van der Waals surface area contributed by atoms with Gasteiger partial charge in [0.15, 0.2) is 0 Å². The lowest BCUT2D eigenvalue weighted by Crippen LogP contribution is -2.47. The maximum absolute atomic E-state index is 12.6. The van der Waals surface area contributed by atoms with Crippen LogP contribution in [0.4, 0.5) is 11.5 Å². The van der Waals surface area contributed by atoms with E-state index < -0.39 is 10.3 Å². The van der Waals surface area contributed by atoms with Crippen molar-refractivity contribution < 1.29 is 14.5 Å². The molecule has 0 unspecified atom stereocenters. The molecule has 0 bridgehead atoms. The molecule has 2 heterocycles. The predicted molar refractivity (Wildman–Crippen MR) is 108 cm³/mol. The lowest BCUT2D eigenvalue weighted by atomic mass is 9.92. The summed E-state index contributed by atoms with van der Waals surface area (Å²) in [4.78, 5) is 32.2. The largest absolute Gasteiger partial charge is 0.468 e. The van der Waals surface area contributed by atoms with E-state index in [1.807, 2.05) is 18.2 Å². The Morgan fingerprint density at radius 1 is 1.21 bits per heavy atom. The van der Waals surface area contributed by atoms with Gasteiger partial charge in [0, 0.05) is 51.1 Å². The number of carbonyl (C=O) groups is 1. The molecule has 1 aliphatic carbocycles. The minimum absolute atomic E-state index is 0.0246. The SMILES string of the molecule is COC(=O)[C@]1(c2ccc([N+](=O)[O-])cc2)C[C@@H]1CN1CCN(c2ccccn2)CC1. The minimum atomic E-state index is -0.692. The molecule has 0 amide bonds. The molecule has 0 radical (unpaired) electrons. The number of carbonyl (C=O) groups excluding carboxylic acids is 1. The highest BCUT2D eigenvalue weighted by atomic mass is 16.6. The summed E-state index contributed by atoms with van der Waals surface area (Å²) in [5, 5.41) is 10.9. The van der Waals surface area contributed by atoms with Crippen LogP contribution in [0.2, 0.25) is 0 Å². The number of pyridine rings is 1. The van der Waals surface area contributed by atoms with Crippen LogP contribution in [0.1, 0.15) is 12.0 Å². The fourth-order valence-electron chi connectivity index (χ4n) is 4.35. The van der Waals surface area contributed by atoms with Crippen LogP contribution in [-0.2, 0) is 14.9 Å². The summed E-state index contributed by atoms with van der Waals surface area (Å²) in [7, 11) is 1.40. The zero-order valence-corrected chi connectivity index (χ0v) is 16.4. The van der Waals surface area contributed by atoms with Crippen LogP contribution in [0.5, 0.6) is 0 Å². The van der Waals surface area contributed by atoms with E-state index in [2.05, 4.69) is 14.8 Å². The fourth-order valence-corrected chi connectivity index (χ4v) is 4.35. The van der Waals surface area contributed by atoms with Crippen LogP contribution in [0, 0.1) is 16.0 Å². The van der Waals surface area contributed by atoms with Gasteiger partial charge in [-0.05, 0) is 30.0 Å². The number of nitrogens with zero attached hydrogens (tertiary/aromatic N) is 4. The average molecular weight is 396 g/mol. The highest BCUT2D eigenvalue weighted by molar-refractivity contribution is 5.87. The van der Waals surface area contributed by atoms with E-state index >= 15 is 0 Å². The van der Waals surface area contributed by atoms with Gasteiger partial charge in [-0.25, -0.2) is 4.98 Å². The molecule has 0 spiro atoms. The molecule has 8 nitrogen and oxygen atoms in total. The Bertz CT molecular complexity index is 881. The van der Waals surface area contributed by atoms with E-state index in [0.717, 1.165) is 44.1 Å². The molecule has 1 saturated carbocycles. The highest BCUT2D eigenvalue weighted by Gasteiger charge is 2.62. The van der Waals surface area contributed by atoms with Crippen molar-refractivity contribution in [3.63, 3.8) is 0 Å². The molecule has 4 rings (SSSR count). The van der Waals surface area contributed by atoms with Crippen LogP contribution in [0.25, 0.3) is 0 Å². The number of nitro groups is 1. The summed E-state index contributed by atoms with van der Waals surface area (Å²) in [6.07, 6.45) is 2.51. The van der Waals surface area contributed by atoms with E-state index in [4.69, 9.17) is 4.74 Å². The Morgan fingerprint density at radius 3 is 2.52 bits per heavy atom. The summed E-state index contributed by atoms with van der Waals surface area (Å²) in [5.41, 5.74) is 0.130. The molecule has 152 valence electrons. The molecule has 2 aromatic rings. The first-order valence-electron chi connectivity index (χ1n) is 9.76. The van der Waals surface area contributed by atoms with Crippen LogP contribution in [0.3, 0.4) is 0 Å². The van der Waals surface area contributed by atoms with Gasteiger partial charge in [0.05, 0.1) is 17.4 Å². The number of hydrogen-bond donors (Lipinski definition) is 0. The molecule has 2 fully saturated rings. The lowest BCUT2D eigenvalue weighted by molar-refractivity contribution is -0.384. The summed E-state index contributed by atoms with van der Waals surface area (Å²) in [5.74, 6) is 0.884. The van der Waals surface area contributed by atoms with Gasteiger partial charge in [0.25, 0.3) is 5.69 Å². The van der Waals surface area contributed by atoms with Crippen molar-refractivity contribution in [1.29, 1.82) is 0 Å². The molecule has 1 aromatic heterocycles. The zero-order chi connectivity index (χ0) is 20.4. The average Bonchev–Trinajstić information content (AvgIpc) is 3.49. The minimum Gasteiger partial charge on any atom is -0.468 e. The number of ether oxygens (including phenoxy) is 1. The van der Waals surface area contributed by atoms with Crippen molar-refractivity contribution >= 4 is 17.5 Å². The Kier molecular flexibility index (Phi) is 5.19. The molecule has 8 heteroatoms. The second-order valence-electron chi connectivity index (χ2n) is 7.64. The second kappa shape index (κ2) is 7.79. The number of benzene rings is 1. The van der Waals surface area contributed by atoms with Gasteiger partial charge >= 0.3 is 5.97 Å². The third-order valence-electron chi connectivity index (χ3n) is 6.07. The molecule has 2 atom stereocenters. The Labute approximate surface area is 169 Å². The number of non-ortho nitro benzene ring substituents is 1. The maximum Gasteiger partial charge on any atom is 0.316 e. The van der Waals surface area contributed by atoms with Crippen molar-refractivity contribution in [2.75, 3.05) is 44.7 Å². The van der Waals surface area contributed by atoms with Gasteiger partial charge in [0.1, 0.15) is 5.82 Å². The first-order valence-corrected chi connectivity index (χ1v) is 9.76. The van der Waals surface area contributed by atoms with Gasteiger partial charge in [0.2, 0.25) is 0 Å². The Morgan fingerprint density at radius 2 is 1.93 bits per heavy atom. The van der Waals surface area contributed by atoms with Gasteiger partial charge < -0.3 is 9.64 Å². The zero-order valence-electron chi connectivity index (χ0n) is 16.4. The summed E-state index contributed by atoms with van der Waals surface area (Å²) < 4.78 is 5.10. The van der Waals surface area contributed by atoms with Gasteiger partial charge in [-0.1, -0.05) is 18.2 Å². The standard InChI is InChI=1S/C21H24N4O4/c1-29-20(26)21(16-5-7-18(8-6-16)25(27)28)14-17(21)15-23-10-12-24(13-11-23)19-4-2-3-9-22-19/h2-9,17H,10-15H2,1H3/t17-,21+/m1/s1. The summed E-state index contributed by atoms with van der Waals surface area (Å²) >= 11 is 0. The number of piperazine rings is 1. The van der Waals surface area contributed by atoms with Crippen LogP contribution >= 0.6 is 0 Å². The third kappa shape index (κ3) is 3.67. The number of aromatic nitrogens is 1. The third-order valence-corrected chi connectivity index (χ3v) is 6.07. The number of anilines is 1. The number of esters is 1. The predicted octanol–water partition coefficient (Wildman–Crippen LogP) is 2.24. The maximum atomic E-state index is 12.6. The van der Waals surface area contributed by atoms with Crippen molar-refractivity contribution in [3.8, 4) is 0 Å². The van der Waals surface area contributed by atoms with Crippen molar-refractivity contribution in [2.45, 2.75) is 11.8 Å². The quantitative estimate of drug-likeness (QED) is 0.420. The molecule has 0 N–H and O–H groups in total. The van der Waals surface area contributed by atoms with Crippen LogP contribution in [0.15, 0.2) is 48.7 Å². The van der Waals surface area contributed by atoms with Gasteiger partial charge in [-0.2, -0.15) is 0 Å². The fraction of sp³-hybridized carbons (Fsp3) is 0.429. The van der Waals surface area contributed by atoms with Crippen molar-refractivity contribution in [2.24, 2.45) is 5.92 Å². The Balaban J connectivity index is 1.41. The molecular formula is C21H24N4O4. The normalized spacial score (nSPS) is 24.2. The molecule has 1 aromatic carbocycles. The van der Waals surface area contributed by atoms with Crippen molar-refractivity contribution in [1.82, 2.24) is 9.88 Å². The van der Waals surface area contributed by atoms with Gasteiger partial charge in [-0.3, -0.25) is 19.8 Å². The van der Waals surface area contributed by atoms with E-state index in [-0.39, 0.29) is 17.6 Å². The van der Waals surface area contributed by atoms with Gasteiger partial charge in [-0.15, -0.1) is 0 Å². The molecule has 29 heavy (non-hydrogen) atoms. The van der Waals surface area contributed by atoms with E-state index in [1.54, 1.807) is 18.3 Å². The second-order valence-corrected chi connectivity index (χ2v) is 7.64. The molecule has 1 aliphatic heterocycles. The smallest absolute Gasteiger partial charge is 0.316 e. The molecule has 1 saturated heterocycles. The topological polar surface area (TPSA) is 88.8 Å². The molecule has 2 aliphatic rings. The highest BCUT2D eigenvalue weighted by Crippen LogP contribution is 2.55. The van der Waals surface area contributed by atoms with Crippen LogP contribution in [-0.4, -0.2) is 60.6 Å². The monoisotopic (exact) mass is 396 g/mol. The molecular weight excluding hydrogens is 372 g/mol. The van der Waals surface area contributed by atoms with E-state index in [9.17, 15) is 14.9 Å². The first kappa shape index (κ1) is 19.3. The number of hydrogen-bond acceptors (Lipinski definition) is 7. The summed E-state index contributed by atoms with van der Waals surface area (Å²) in [6.45, 7) is 4.41. The first-order chi connectivity index (χ1) is 14.0. The van der Waals surface area contributed by atoms with E-state index in [1.165, 1.54) is 19.2 Å². The number of nitro benzene ring substituents is 1. The van der Waals surface area contributed by atoms with Crippen LogP contribution < -0.4 is 4.90 Å². The number of methoxy groups -OCH3 is 1. The number of rotatable bonds is 6.